The van der Waals surface area contributed by atoms with Crippen LogP contribution in [0.4, 0.5) is 11.4 Å². The first-order chi connectivity index (χ1) is 8.97. The van der Waals surface area contributed by atoms with Gasteiger partial charge >= 0.3 is 0 Å². The van der Waals surface area contributed by atoms with Gasteiger partial charge < -0.3 is 11.1 Å². The SMILES string of the molecule is Cc1cncc(NC(=O)c2cc(Br)cc(N)c2C)c1. The number of halogens is 1. The summed E-state index contributed by atoms with van der Waals surface area (Å²) in [7, 11) is 0. The van der Waals surface area contributed by atoms with Crippen molar-refractivity contribution in [3.05, 3.63) is 51.8 Å². The molecule has 0 radical (unpaired) electrons. The minimum Gasteiger partial charge on any atom is -0.398 e. The molecule has 0 fully saturated rings. The van der Waals surface area contributed by atoms with E-state index < -0.39 is 0 Å². The third kappa shape index (κ3) is 3.12. The highest BCUT2D eigenvalue weighted by atomic mass is 79.9. The number of anilines is 2. The third-order valence-electron chi connectivity index (χ3n) is 2.79. The average molecular weight is 320 g/mol. The molecule has 0 aliphatic carbocycles. The summed E-state index contributed by atoms with van der Waals surface area (Å²) in [4.78, 5) is 16.3. The summed E-state index contributed by atoms with van der Waals surface area (Å²) >= 11 is 3.34. The van der Waals surface area contributed by atoms with Crippen LogP contribution in [0.2, 0.25) is 0 Å². The lowest BCUT2D eigenvalue weighted by Gasteiger charge is -2.10. The average Bonchev–Trinajstić information content (AvgIpc) is 2.33. The second-order valence-electron chi connectivity index (χ2n) is 4.37. The molecule has 2 rings (SSSR count). The van der Waals surface area contributed by atoms with Gasteiger partial charge in [-0.05, 0) is 43.2 Å². The second-order valence-corrected chi connectivity index (χ2v) is 5.29. The Bertz CT molecular complexity index is 641. The molecule has 0 unspecified atom stereocenters. The first-order valence-corrected chi connectivity index (χ1v) is 6.55. The number of rotatable bonds is 2. The van der Waals surface area contributed by atoms with Crippen molar-refractivity contribution in [2.45, 2.75) is 13.8 Å². The van der Waals surface area contributed by atoms with Crippen molar-refractivity contribution in [2.75, 3.05) is 11.1 Å². The molecule has 1 amide bonds. The zero-order valence-corrected chi connectivity index (χ0v) is 12.3. The van der Waals surface area contributed by atoms with Crippen molar-refractivity contribution < 1.29 is 4.79 Å². The largest absolute Gasteiger partial charge is 0.398 e. The van der Waals surface area contributed by atoms with E-state index in [1.54, 1.807) is 24.5 Å². The Hall–Kier alpha value is -1.88. The van der Waals surface area contributed by atoms with Crippen LogP contribution in [0.3, 0.4) is 0 Å². The highest BCUT2D eigenvalue weighted by Crippen LogP contribution is 2.23. The van der Waals surface area contributed by atoms with Gasteiger partial charge in [-0.1, -0.05) is 15.9 Å². The lowest BCUT2D eigenvalue weighted by atomic mass is 10.1. The summed E-state index contributed by atoms with van der Waals surface area (Å²) in [5.74, 6) is -0.196. The van der Waals surface area contributed by atoms with Crippen molar-refractivity contribution >= 4 is 33.2 Å². The number of nitrogens with one attached hydrogen (secondary N) is 1. The van der Waals surface area contributed by atoms with E-state index in [-0.39, 0.29) is 5.91 Å². The van der Waals surface area contributed by atoms with Gasteiger partial charge in [0.1, 0.15) is 0 Å². The van der Waals surface area contributed by atoms with E-state index in [4.69, 9.17) is 5.73 Å². The lowest BCUT2D eigenvalue weighted by molar-refractivity contribution is 0.102. The predicted octanol–water partition coefficient (Wildman–Crippen LogP) is 3.30. The predicted molar refractivity (Wildman–Crippen MR) is 80.2 cm³/mol. The molecule has 2 aromatic rings. The first-order valence-electron chi connectivity index (χ1n) is 5.76. The van der Waals surface area contributed by atoms with Crippen LogP contribution in [0.1, 0.15) is 21.5 Å². The topological polar surface area (TPSA) is 68.0 Å². The first kappa shape index (κ1) is 13.5. The zero-order valence-electron chi connectivity index (χ0n) is 10.7. The molecule has 3 N–H and O–H groups in total. The number of nitrogens with two attached hydrogens (primary N) is 1. The maximum absolute atomic E-state index is 12.2. The molecule has 1 heterocycles. The number of carbonyl (C=O) groups excluding carboxylic acids is 1. The number of nitrogen functional groups attached to an aromatic ring is 1. The minimum absolute atomic E-state index is 0.196. The van der Waals surface area contributed by atoms with Crippen molar-refractivity contribution in [2.24, 2.45) is 0 Å². The van der Waals surface area contributed by atoms with Crippen molar-refractivity contribution in [3.63, 3.8) is 0 Å². The summed E-state index contributed by atoms with van der Waals surface area (Å²) in [6.07, 6.45) is 3.35. The molecule has 98 valence electrons. The van der Waals surface area contributed by atoms with Gasteiger partial charge in [0.25, 0.3) is 5.91 Å². The molecular weight excluding hydrogens is 306 g/mol. The highest BCUT2D eigenvalue weighted by molar-refractivity contribution is 9.10. The molecule has 1 aromatic carbocycles. The summed E-state index contributed by atoms with van der Waals surface area (Å²) in [6.45, 7) is 3.75. The second kappa shape index (κ2) is 5.40. The molecule has 0 saturated carbocycles. The quantitative estimate of drug-likeness (QED) is 0.834. The molecule has 0 aliphatic heterocycles. The monoisotopic (exact) mass is 319 g/mol. The fraction of sp³-hybridized carbons (Fsp3) is 0.143. The number of carbonyl (C=O) groups is 1. The smallest absolute Gasteiger partial charge is 0.256 e. The number of aromatic nitrogens is 1. The summed E-state index contributed by atoms with van der Waals surface area (Å²) in [6, 6.07) is 5.40. The summed E-state index contributed by atoms with van der Waals surface area (Å²) < 4.78 is 0.781. The van der Waals surface area contributed by atoms with Crippen molar-refractivity contribution in [3.8, 4) is 0 Å². The van der Waals surface area contributed by atoms with Gasteiger partial charge in [-0.25, -0.2) is 0 Å². The van der Waals surface area contributed by atoms with Crippen molar-refractivity contribution in [1.29, 1.82) is 0 Å². The fourth-order valence-corrected chi connectivity index (χ4v) is 2.23. The van der Waals surface area contributed by atoms with Gasteiger partial charge in [0.05, 0.1) is 11.9 Å². The molecule has 0 aliphatic rings. The van der Waals surface area contributed by atoms with Crippen LogP contribution < -0.4 is 11.1 Å². The van der Waals surface area contributed by atoms with Gasteiger partial charge in [-0.3, -0.25) is 9.78 Å². The van der Waals surface area contributed by atoms with Crippen LogP contribution in [0, 0.1) is 13.8 Å². The van der Waals surface area contributed by atoms with E-state index in [2.05, 4.69) is 26.2 Å². The van der Waals surface area contributed by atoms with E-state index >= 15 is 0 Å². The fourth-order valence-electron chi connectivity index (χ4n) is 1.76. The van der Waals surface area contributed by atoms with Crippen molar-refractivity contribution in [1.82, 2.24) is 4.98 Å². The molecule has 0 saturated heterocycles. The number of hydrogen-bond acceptors (Lipinski definition) is 3. The van der Waals surface area contributed by atoms with Gasteiger partial charge in [0.15, 0.2) is 0 Å². The number of hydrogen-bond donors (Lipinski definition) is 2. The number of nitrogens with zero attached hydrogens (tertiary/aromatic N) is 1. The molecule has 0 atom stereocenters. The maximum Gasteiger partial charge on any atom is 0.256 e. The Morgan fingerprint density at radius 2 is 2.00 bits per heavy atom. The molecule has 5 heteroatoms. The number of aryl methyl sites for hydroxylation is 1. The van der Waals surface area contributed by atoms with Gasteiger partial charge in [-0.15, -0.1) is 0 Å². The molecule has 0 bridgehead atoms. The Balaban J connectivity index is 2.30. The Morgan fingerprint density at radius 3 is 2.68 bits per heavy atom. The zero-order chi connectivity index (χ0) is 14.0. The van der Waals surface area contributed by atoms with Crippen LogP contribution >= 0.6 is 15.9 Å². The van der Waals surface area contributed by atoms with Crippen LogP contribution in [-0.4, -0.2) is 10.9 Å². The van der Waals surface area contributed by atoms with E-state index in [9.17, 15) is 4.79 Å². The van der Waals surface area contributed by atoms with Crippen LogP contribution in [0.25, 0.3) is 0 Å². The molecule has 0 spiro atoms. The summed E-state index contributed by atoms with van der Waals surface area (Å²) in [5, 5.41) is 2.82. The van der Waals surface area contributed by atoms with Crippen LogP contribution in [0.15, 0.2) is 35.1 Å². The lowest BCUT2D eigenvalue weighted by Crippen LogP contribution is -2.14. The van der Waals surface area contributed by atoms with E-state index in [1.807, 2.05) is 19.9 Å². The standard InChI is InChI=1S/C14H14BrN3O/c1-8-3-11(7-17-6-8)18-14(19)12-4-10(15)5-13(16)9(12)2/h3-7H,16H2,1-2H3,(H,18,19). The van der Waals surface area contributed by atoms with Crippen LogP contribution in [-0.2, 0) is 0 Å². The highest BCUT2D eigenvalue weighted by Gasteiger charge is 2.12. The Morgan fingerprint density at radius 1 is 1.26 bits per heavy atom. The normalized spacial score (nSPS) is 10.3. The maximum atomic E-state index is 12.2. The number of amides is 1. The third-order valence-corrected chi connectivity index (χ3v) is 3.25. The minimum atomic E-state index is -0.196. The molecule has 4 nitrogen and oxygen atoms in total. The van der Waals surface area contributed by atoms with E-state index in [0.29, 0.717) is 16.9 Å². The van der Waals surface area contributed by atoms with Gasteiger partial charge in [-0.2, -0.15) is 0 Å². The van der Waals surface area contributed by atoms with E-state index in [1.165, 1.54) is 0 Å². The van der Waals surface area contributed by atoms with Gasteiger partial charge in [0, 0.05) is 21.9 Å². The van der Waals surface area contributed by atoms with E-state index in [0.717, 1.165) is 15.6 Å². The number of pyridine rings is 1. The summed E-state index contributed by atoms with van der Waals surface area (Å²) in [5.41, 5.74) is 9.41. The number of benzene rings is 1. The molecule has 1 aromatic heterocycles. The Kier molecular flexibility index (Phi) is 3.85. The molecular formula is C14H14BrN3O. The molecule has 19 heavy (non-hydrogen) atoms. The Labute approximate surface area is 120 Å². The van der Waals surface area contributed by atoms with Gasteiger partial charge in [0.2, 0.25) is 0 Å². The van der Waals surface area contributed by atoms with Crippen LogP contribution in [0.5, 0.6) is 0 Å².